The molecule has 5 heterocycles. The average Bonchev–Trinajstić information content (AvgIpc) is 2.90. The number of hydrogen-bond donors (Lipinski definition) is 1. The second-order valence-corrected chi connectivity index (χ2v) is 8.29. The topological polar surface area (TPSA) is 58.6 Å². The Bertz CT molecular complexity index is 863. The fourth-order valence-corrected chi connectivity index (χ4v) is 6.42. The summed E-state index contributed by atoms with van der Waals surface area (Å²) in [5.41, 5.74) is 2.72. The summed E-state index contributed by atoms with van der Waals surface area (Å²) in [6, 6.07) is 7.97. The molecule has 4 bridgehead atoms. The molecule has 1 amide bonds. The minimum atomic E-state index is -0.581. The maximum Gasteiger partial charge on any atom is 0.229 e. The zero-order chi connectivity index (χ0) is 17.5. The fraction of sp³-hybridized carbons (Fsp3) is 0.524. The first-order valence-electron chi connectivity index (χ1n) is 9.68. The van der Waals surface area contributed by atoms with Crippen molar-refractivity contribution in [2.75, 3.05) is 24.6 Å². The molecule has 5 atom stereocenters. The van der Waals surface area contributed by atoms with Gasteiger partial charge in [0.15, 0.2) is 0 Å². The molecule has 0 radical (unpaired) electrons. The van der Waals surface area contributed by atoms with E-state index in [9.17, 15) is 9.59 Å². The highest BCUT2D eigenvalue weighted by Crippen LogP contribution is 2.60. The molecular formula is C21H22N2O3. The first kappa shape index (κ1) is 15.1. The lowest BCUT2D eigenvalue weighted by atomic mass is 9.55. The Balaban J connectivity index is 1.66. The van der Waals surface area contributed by atoms with E-state index in [-0.39, 0.29) is 29.9 Å². The van der Waals surface area contributed by atoms with Crippen LogP contribution in [0.2, 0.25) is 0 Å². The molecule has 7 rings (SSSR count). The van der Waals surface area contributed by atoms with E-state index < -0.39 is 5.41 Å². The predicted molar refractivity (Wildman–Crippen MR) is 95.9 cm³/mol. The number of nitrogens with zero attached hydrogens (tertiary/aromatic N) is 1. The van der Waals surface area contributed by atoms with Crippen LogP contribution in [0.5, 0.6) is 0 Å². The van der Waals surface area contributed by atoms with Crippen molar-refractivity contribution in [1.82, 2.24) is 5.32 Å². The standard InChI is InChI=1S/C21H22N2O3/c24-17-9-13-12-5-8-26-16-10-18(25)23-15-4-2-1-3-14(15)21(17,6-7-22-11-12)20(23)19(13)16/h1-5,13,16,19-20,22H,6-11H2/t13-,16-,19-,20-,21+/m0/s1. The smallest absolute Gasteiger partial charge is 0.229 e. The number of benzene rings is 1. The molecule has 134 valence electrons. The van der Waals surface area contributed by atoms with Gasteiger partial charge in [0.25, 0.3) is 0 Å². The zero-order valence-corrected chi connectivity index (χ0v) is 14.6. The first-order valence-corrected chi connectivity index (χ1v) is 9.68. The second-order valence-electron chi connectivity index (χ2n) is 8.29. The number of para-hydroxylation sites is 1. The molecule has 0 unspecified atom stereocenters. The normalized spacial score (nSPS) is 40.3. The van der Waals surface area contributed by atoms with Crippen LogP contribution in [0.4, 0.5) is 5.69 Å². The Labute approximate surface area is 152 Å². The van der Waals surface area contributed by atoms with E-state index in [0.29, 0.717) is 25.2 Å². The van der Waals surface area contributed by atoms with Gasteiger partial charge in [0.1, 0.15) is 5.78 Å². The van der Waals surface area contributed by atoms with Crippen molar-refractivity contribution in [3.05, 3.63) is 41.5 Å². The van der Waals surface area contributed by atoms with Crippen molar-refractivity contribution in [2.45, 2.75) is 36.8 Å². The minimum absolute atomic E-state index is 0.0811. The summed E-state index contributed by atoms with van der Waals surface area (Å²) in [4.78, 5) is 28.7. The number of amides is 1. The highest BCUT2D eigenvalue weighted by atomic mass is 16.5. The Morgan fingerprint density at radius 1 is 1.19 bits per heavy atom. The van der Waals surface area contributed by atoms with Gasteiger partial charge in [0.2, 0.25) is 5.91 Å². The fourth-order valence-electron chi connectivity index (χ4n) is 6.42. The molecule has 1 N–H and O–H groups in total. The number of piperidine rings is 1. The summed E-state index contributed by atoms with van der Waals surface area (Å²) in [7, 11) is 0. The number of nitrogens with one attached hydrogen (secondary N) is 1. The van der Waals surface area contributed by atoms with Gasteiger partial charge in [-0.1, -0.05) is 29.8 Å². The van der Waals surface area contributed by atoms with E-state index in [4.69, 9.17) is 4.74 Å². The van der Waals surface area contributed by atoms with Gasteiger partial charge >= 0.3 is 0 Å². The van der Waals surface area contributed by atoms with Crippen LogP contribution >= 0.6 is 0 Å². The summed E-state index contributed by atoms with van der Waals surface area (Å²) < 4.78 is 6.15. The lowest BCUT2D eigenvalue weighted by molar-refractivity contribution is -0.140. The van der Waals surface area contributed by atoms with Gasteiger partial charge in [0, 0.05) is 24.6 Å². The maximum absolute atomic E-state index is 13.6. The molecule has 0 aromatic heterocycles. The van der Waals surface area contributed by atoms with Gasteiger partial charge in [-0.3, -0.25) is 9.59 Å². The molecular weight excluding hydrogens is 328 g/mol. The van der Waals surface area contributed by atoms with Gasteiger partial charge in [-0.15, -0.1) is 0 Å². The number of ether oxygens (including phenoxy) is 1. The summed E-state index contributed by atoms with van der Waals surface area (Å²) in [6.45, 7) is 2.16. The van der Waals surface area contributed by atoms with Gasteiger partial charge in [-0.05, 0) is 30.5 Å². The Morgan fingerprint density at radius 3 is 3.00 bits per heavy atom. The summed E-state index contributed by atoms with van der Waals surface area (Å²) in [6.07, 6.45) is 3.82. The van der Waals surface area contributed by atoms with E-state index >= 15 is 0 Å². The number of Topliss-reactive ketones (excluding diaryl/α,β-unsaturated/α-hetero) is 1. The molecule has 4 fully saturated rings. The monoisotopic (exact) mass is 350 g/mol. The highest BCUT2D eigenvalue weighted by molar-refractivity contribution is 6.06. The van der Waals surface area contributed by atoms with E-state index in [2.05, 4.69) is 17.5 Å². The van der Waals surface area contributed by atoms with E-state index in [1.165, 1.54) is 5.57 Å². The maximum atomic E-state index is 13.6. The van der Waals surface area contributed by atoms with Crippen LogP contribution in [0.1, 0.15) is 24.8 Å². The third kappa shape index (κ3) is 1.64. The van der Waals surface area contributed by atoms with Gasteiger partial charge in [-0.2, -0.15) is 0 Å². The van der Waals surface area contributed by atoms with Crippen LogP contribution in [0.15, 0.2) is 35.9 Å². The van der Waals surface area contributed by atoms with Crippen molar-refractivity contribution in [1.29, 1.82) is 0 Å². The first-order chi connectivity index (χ1) is 12.7. The number of rotatable bonds is 0. The zero-order valence-electron chi connectivity index (χ0n) is 14.6. The predicted octanol–water partition coefficient (Wildman–Crippen LogP) is 1.57. The van der Waals surface area contributed by atoms with Crippen LogP contribution in [-0.2, 0) is 19.7 Å². The third-order valence-corrected chi connectivity index (χ3v) is 7.39. The molecule has 5 heteroatoms. The van der Waals surface area contributed by atoms with E-state index in [0.717, 1.165) is 30.8 Å². The number of carbonyl (C=O) groups excluding carboxylic acids is 2. The molecule has 1 saturated carbocycles. The Morgan fingerprint density at radius 2 is 2.08 bits per heavy atom. The summed E-state index contributed by atoms with van der Waals surface area (Å²) in [5, 5.41) is 3.55. The van der Waals surface area contributed by atoms with Crippen LogP contribution in [0, 0.1) is 11.8 Å². The number of anilines is 1. The van der Waals surface area contributed by atoms with Crippen molar-refractivity contribution < 1.29 is 14.3 Å². The number of carbonyl (C=O) groups is 2. The molecule has 1 aromatic carbocycles. The second kappa shape index (κ2) is 5.05. The lowest BCUT2D eigenvalue weighted by Crippen LogP contribution is -2.66. The van der Waals surface area contributed by atoms with Crippen LogP contribution < -0.4 is 10.2 Å². The van der Waals surface area contributed by atoms with Crippen LogP contribution in [0.3, 0.4) is 0 Å². The van der Waals surface area contributed by atoms with Crippen molar-refractivity contribution in [3.8, 4) is 0 Å². The van der Waals surface area contributed by atoms with Crippen molar-refractivity contribution in [3.63, 3.8) is 0 Å². The van der Waals surface area contributed by atoms with Crippen LogP contribution in [0.25, 0.3) is 0 Å². The minimum Gasteiger partial charge on any atom is -0.373 e. The SMILES string of the molecule is O=C1C[C@@H]2OCC=C3CNCC[C@@]45C(=O)C[C@@H]3[C@@H]2[C@@H]4N1c1ccccc15. The highest BCUT2D eigenvalue weighted by Gasteiger charge is 2.67. The quantitative estimate of drug-likeness (QED) is 0.722. The molecule has 1 aliphatic carbocycles. The molecule has 5 nitrogen and oxygen atoms in total. The molecule has 5 aliphatic heterocycles. The van der Waals surface area contributed by atoms with Crippen LogP contribution in [-0.4, -0.2) is 43.5 Å². The lowest BCUT2D eigenvalue weighted by Gasteiger charge is -2.53. The van der Waals surface area contributed by atoms with Gasteiger partial charge in [0.05, 0.1) is 30.6 Å². The Kier molecular flexibility index (Phi) is 2.93. The number of fused-ring (bicyclic) bond motifs is 6. The Hall–Kier alpha value is -1.98. The number of ketones is 1. The molecule has 1 spiro atoms. The van der Waals surface area contributed by atoms with E-state index in [1.807, 2.05) is 23.1 Å². The number of hydrogen-bond acceptors (Lipinski definition) is 4. The summed E-state index contributed by atoms with van der Waals surface area (Å²) in [5.74, 6) is 0.799. The summed E-state index contributed by atoms with van der Waals surface area (Å²) >= 11 is 0. The molecule has 3 saturated heterocycles. The van der Waals surface area contributed by atoms with Crippen molar-refractivity contribution in [2.24, 2.45) is 11.8 Å². The molecule has 26 heavy (non-hydrogen) atoms. The molecule has 1 aromatic rings. The van der Waals surface area contributed by atoms with Gasteiger partial charge in [-0.25, -0.2) is 0 Å². The largest absolute Gasteiger partial charge is 0.373 e. The third-order valence-electron chi connectivity index (χ3n) is 7.39. The average molecular weight is 350 g/mol. The van der Waals surface area contributed by atoms with E-state index in [1.54, 1.807) is 0 Å². The molecule has 6 aliphatic rings. The van der Waals surface area contributed by atoms with Crippen molar-refractivity contribution >= 4 is 17.4 Å². The van der Waals surface area contributed by atoms with Gasteiger partial charge < -0.3 is 15.0 Å².